The molecule has 0 radical (unpaired) electrons. The number of amides is 3. The molecule has 1 aliphatic rings. The third kappa shape index (κ3) is 5.23. The Balaban J connectivity index is 1.76. The first-order valence-electron chi connectivity index (χ1n) is 7.80. The summed E-state index contributed by atoms with van der Waals surface area (Å²) < 4.78 is 0.911. The molecule has 0 saturated carbocycles. The average Bonchev–Trinajstić information content (AvgIpc) is 2.56. The number of carboxylic acids is 1. The van der Waals surface area contributed by atoms with Crippen molar-refractivity contribution in [3.05, 3.63) is 28.7 Å². The van der Waals surface area contributed by atoms with E-state index in [0.717, 1.165) is 17.3 Å². The summed E-state index contributed by atoms with van der Waals surface area (Å²) in [7, 11) is 0. The van der Waals surface area contributed by atoms with Gasteiger partial charge in [-0.3, -0.25) is 4.79 Å². The first-order chi connectivity index (χ1) is 11.5. The van der Waals surface area contributed by atoms with E-state index in [1.165, 1.54) is 4.90 Å². The normalized spacial score (nSPS) is 17.2. The van der Waals surface area contributed by atoms with E-state index in [-0.39, 0.29) is 18.9 Å². The third-order valence-electron chi connectivity index (χ3n) is 3.83. The molecule has 3 amide bonds. The number of aliphatic carboxylic acids is 1. The van der Waals surface area contributed by atoms with Gasteiger partial charge in [0, 0.05) is 29.7 Å². The molecular formula is C16H20BrN3O4. The van der Waals surface area contributed by atoms with Gasteiger partial charge in [-0.05, 0) is 43.5 Å². The van der Waals surface area contributed by atoms with Gasteiger partial charge in [-0.1, -0.05) is 15.9 Å². The van der Waals surface area contributed by atoms with Crippen LogP contribution in [-0.2, 0) is 9.59 Å². The van der Waals surface area contributed by atoms with Gasteiger partial charge in [0.2, 0.25) is 5.91 Å². The summed E-state index contributed by atoms with van der Waals surface area (Å²) >= 11 is 3.31. The molecule has 8 heteroatoms. The van der Waals surface area contributed by atoms with Crippen molar-refractivity contribution in [1.82, 2.24) is 10.2 Å². The van der Waals surface area contributed by atoms with Crippen molar-refractivity contribution in [2.75, 3.05) is 18.4 Å². The Hall–Kier alpha value is -2.09. The number of nitrogens with zero attached hydrogens (tertiary/aromatic N) is 1. The molecule has 0 spiro atoms. The number of carboxylic acid groups (broad SMARTS) is 1. The monoisotopic (exact) mass is 397 g/mol. The van der Waals surface area contributed by atoms with Crippen LogP contribution < -0.4 is 10.6 Å². The molecule has 2 rings (SSSR count). The summed E-state index contributed by atoms with van der Waals surface area (Å²) in [6, 6.07) is 5.96. The number of rotatable bonds is 5. The van der Waals surface area contributed by atoms with Crippen LogP contribution in [0, 0.1) is 0 Å². The maximum atomic E-state index is 12.2. The Bertz CT molecular complexity index is 606. The Kier molecular flexibility index (Phi) is 6.60. The van der Waals surface area contributed by atoms with Crippen molar-refractivity contribution in [3.63, 3.8) is 0 Å². The van der Waals surface area contributed by atoms with Gasteiger partial charge >= 0.3 is 12.0 Å². The summed E-state index contributed by atoms with van der Waals surface area (Å²) in [4.78, 5) is 36.6. The third-order valence-corrected chi connectivity index (χ3v) is 4.36. The average molecular weight is 398 g/mol. The van der Waals surface area contributed by atoms with Crippen LogP contribution in [0.5, 0.6) is 0 Å². The second-order valence-corrected chi connectivity index (χ2v) is 6.49. The smallest absolute Gasteiger partial charge is 0.326 e. The number of nitrogens with one attached hydrogen (secondary N) is 2. The molecule has 1 saturated heterocycles. The van der Waals surface area contributed by atoms with Crippen LogP contribution in [0.2, 0.25) is 0 Å². The van der Waals surface area contributed by atoms with Gasteiger partial charge in [-0.25, -0.2) is 9.59 Å². The first-order valence-corrected chi connectivity index (χ1v) is 8.59. The number of carbonyl (C=O) groups excluding carboxylic acids is 2. The van der Waals surface area contributed by atoms with Crippen LogP contribution in [0.1, 0.15) is 25.7 Å². The Morgan fingerprint density at radius 3 is 2.58 bits per heavy atom. The topological polar surface area (TPSA) is 98.7 Å². The van der Waals surface area contributed by atoms with E-state index >= 15 is 0 Å². The maximum Gasteiger partial charge on any atom is 0.326 e. The molecule has 7 nitrogen and oxygen atoms in total. The second kappa shape index (κ2) is 8.68. The van der Waals surface area contributed by atoms with E-state index < -0.39 is 18.0 Å². The van der Waals surface area contributed by atoms with E-state index in [9.17, 15) is 19.5 Å². The van der Waals surface area contributed by atoms with Gasteiger partial charge in [0.25, 0.3) is 0 Å². The van der Waals surface area contributed by atoms with Crippen molar-refractivity contribution >= 4 is 39.5 Å². The number of hydrogen-bond donors (Lipinski definition) is 3. The standard InChI is InChI=1S/C16H20BrN3O4/c17-11-4-6-12(7-5-11)19-16(24)18-9-8-14(21)20-10-2-1-3-13(20)15(22)23/h4-7,13H,1-3,8-10H2,(H,22,23)(H2,18,19,24). The van der Waals surface area contributed by atoms with E-state index in [1.807, 2.05) is 12.1 Å². The van der Waals surface area contributed by atoms with Gasteiger partial charge in [0.05, 0.1) is 0 Å². The van der Waals surface area contributed by atoms with E-state index in [1.54, 1.807) is 12.1 Å². The lowest BCUT2D eigenvalue weighted by Crippen LogP contribution is -2.48. The molecule has 24 heavy (non-hydrogen) atoms. The maximum absolute atomic E-state index is 12.2. The predicted molar refractivity (Wildman–Crippen MR) is 92.8 cm³/mol. The molecule has 1 heterocycles. The Labute approximate surface area is 148 Å². The van der Waals surface area contributed by atoms with Crippen molar-refractivity contribution < 1.29 is 19.5 Å². The van der Waals surface area contributed by atoms with Gasteiger partial charge < -0.3 is 20.6 Å². The molecule has 3 N–H and O–H groups in total. The Morgan fingerprint density at radius 2 is 1.92 bits per heavy atom. The van der Waals surface area contributed by atoms with Crippen LogP contribution >= 0.6 is 15.9 Å². The number of anilines is 1. The van der Waals surface area contributed by atoms with E-state index in [0.29, 0.717) is 18.7 Å². The van der Waals surface area contributed by atoms with E-state index in [4.69, 9.17) is 0 Å². The lowest BCUT2D eigenvalue weighted by atomic mass is 10.0. The molecule has 1 atom stereocenters. The van der Waals surface area contributed by atoms with E-state index in [2.05, 4.69) is 26.6 Å². The van der Waals surface area contributed by atoms with Crippen molar-refractivity contribution in [2.24, 2.45) is 0 Å². The largest absolute Gasteiger partial charge is 0.480 e. The predicted octanol–water partition coefficient (Wildman–Crippen LogP) is 2.43. The minimum absolute atomic E-state index is 0.0809. The molecule has 1 unspecified atom stereocenters. The number of carbonyl (C=O) groups is 3. The highest BCUT2D eigenvalue weighted by atomic mass is 79.9. The fourth-order valence-electron chi connectivity index (χ4n) is 2.62. The van der Waals surface area contributed by atoms with Crippen LogP contribution in [0.3, 0.4) is 0 Å². The molecule has 0 aliphatic carbocycles. The van der Waals surface area contributed by atoms with Crippen molar-refractivity contribution in [3.8, 4) is 0 Å². The first kappa shape index (κ1) is 18.3. The molecule has 1 aromatic rings. The quantitative estimate of drug-likeness (QED) is 0.710. The molecule has 130 valence electrons. The lowest BCUT2D eigenvalue weighted by Gasteiger charge is -2.33. The van der Waals surface area contributed by atoms with Gasteiger partial charge in [-0.2, -0.15) is 0 Å². The van der Waals surface area contributed by atoms with Crippen LogP contribution in [0.15, 0.2) is 28.7 Å². The lowest BCUT2D eigenvalue weighted by molar-refractivity contribution is -0.152. The number of urea groups is 1. The SMILES string of the molecule is O=C(NCCC(=O)N1CCCCC1C(=O)O)Nc1ccc(Br)cc1. The summed E-state index contributed by atoms with van der Waals surface area (Å²) in [5.41, 5.74) is 0.643. The summed E-state index contributed by atoms with van der Waals surface area (Å²) in [6.07, 6.45) is 2.19. The summed E-state index contributed by atoms with van der Waals surface area (Å²) in [5.74, 6) is -1.21. The number of likely N-dealkylation sites (tertiary alicyclic amines) is 1. The number of hydrogen-bond acceptors (Lipinski definition) is 3. The minimum Gasteiger partial charge on any atom is -0.480 e. The molecular weight excluding hydrogens is 378 g/mol. The number of benzene rings is 1. The fourth-order valence-corrected chi connectivity index (χ4v) is 2.89. The molecule has 1 aromatic carbocycles. The second-order valence-electron chi connectivity index (χ2n) is 5.57. The molecule has 1 aliphatic heterocycles. The molecule has 0 aromatic heterocycles. The highest BCUT2D eigenvalue weighted by molar-refractivity contribution is 9.10. The fraction of sp³-hybridized carbons (Fsp3) is 0.438. The summed E-state index contributed by atoms with van der Waals surface area (Å²) in [5, 5.41) is 14.4. The number of piperidine rings is 1. The van der Waals surface area contributed by atoms with Gasteiger partial charge in [0.1, 0.15) is 6.04 Å². The summed E-state index contributed by atoms with van der Waals surface area (Å²) in [6.45, 7) is 0.616. The highest BCUT2D eigenvalue weighted by Crippen LogP contribution is 2.18. The van der Waals surface area contributed by atoms with Gasteiger partial charge in [-0.15, -0.1) is 0 Å². The van der Waals surface area contributed by atoms with Gasteiger partial charge in [0.15, 0.2) is 0 Å². The van der Waals surface area contributed by atoms with Crippen LogP contribution in [0.25, 0.3) is 0 Å². The minimum atomic E-state index is -0.969. The zero-order valence-corrected chi connectivity index (χ0v) is 14.7. The zero-order chi connectivity index (χ0) is 17.5. The zero-order valence-electron chi connectivity index (χ0n) is 13.1. The highest BCUT2D eigenvalue weighted by Gasteiger charge is 2.31. The van der Waals surface area contributed by atoms with Crippen molar-refractivity contribution in [2.45, 2.75) is 31.7 Å². The van der Waals surface area contributed by atoms with Crippen LogP contribution in [0.4, 0.5) is 10.5 Å². The molecule has 1 fully saturated rings. The van der Waals surface area contributed by atoms with Crippen molar-refractivity contribution in [1.29, 1.82) is 0 Å². The molecule has 0 bridgehead atoms. The van der Waals surface area contributed by atoms with Crippen LogP contribution in [-0.4, -0.2) is 47.0 Å². The Morgan fingerprint density at radius 1 is 1.21 bits per heavy atom. The number of halogens is 1.